The molecule has 0 bridgehead atoms. The van der Waals surface area contributed by atoms with E-state index in [4.69, 9.17) is 0 Å². The maximum Gasteiger partial charge on any atom is 0.338 e. The summed E-state index contributed by atoms with van der Waals surface area (Å²) in [5.74, 6) is -0.837. The molecule has 19 heavy (non-hydrogen) atoms. The molecule has 1 aromatic carbocycles. The second-order valence-corrected chi connectivity index (χ2v) is 4.25. The number of halogens is 2. The van der Waals surface area contributed by atoms with E-state index in [0.29, 0.717) is 13.0 Å². The van der Waals surface area contributed by atoms with E-state index in [-0.39, 0.29) is 11.5 Å². The SMILES string of the molecule is CC(=O)N1CCc2cc(C(=O)OCC(F)F)ccc21. The van der Waals surface area contributed by atoms with Gasteiger partial charge in [-0.25, -0.2) is 13.6 Å². The van der Waals surface area contributed by atoms with Crippen molar-refractivity contribution < 1.29 is 23.1 Å². The molecular formula is C13H13F2NO3. The van der Waals surface area contributed by atoms with Crippen LogP contribution in [-0.2, 0) is 16.0 Å². The Morgan fingerprint density at radius 3 is 2.79 bits per heavy atom. The molecule has 102 valence electrons. The molecule has 2 rings (SSSR count). The van der Waals surface area contributed by atoms with Gasteiger partial charge in [-0.2, -0.15) is 0 Å². The molecule has 0 N–H and O–H groups in total. The maximum atomic E-state index is 11.9. The molecule has 1 aliphatic heterocycles. The van der Waals surface area contributed by atoms with Crippen LogP contribution in [0.4, 0.5) is 14.5 Å². The zero-order valence-electron chi connectivity index (χ0n) is 10.4. The molecule has 0 radical (unpaired) electrons. The van der Waals surface area contributed by atoms with E-state index in [2.05, 4.69) is 4.74 Å². The number of benzene rings is 1. The second-order valence-electron chi connectivity index (χ2n) is 4.25. The minimum atomic E-state index is -2.67. The van der Waals surface area contributed by atoms with Crippen molar-refractivity contribution in [2.45, 2.75) is 19.8 Å². The summed E-state index contributed by atoms with van der Waals surface area (Å²) in [6, 6.07) is 4.71. The average Bonchev–Trinajstić information content (AvgIpc) is 2.78. The van der Waals surface area contributed by atoms with Gasteiger partial charge in [-0.1, -0.05) is 0 Å². The normalized spacial score (nSPS) is 13.6. The van der Waals surface area contributed by atoms with Gasteiger partial charge < -0.3 is 9.64 Å². The second kappa shape index (κ2) is 5.34. The monoisotopic (exact) mass is 269 g/mol. The van der Waals surface area contributed by atoms with Crippen LogP contribution in [0.5, 0.6) is 0 Å². The molecule has 0 aliphatic carbocycles. The van der Waals surface area contributed by atoms with Crippen molar-refractivity contribution in [3.63, 3.8) is 0 Å². The van der Waals surface area contributed by atoms with Crippen molar-refractivity contribution >= 4 is 17.6 Å². The number of amides is 1. The summed E-state index contributed by atoms with van der Waals surface area (Å²) in [4.78, 5) is 24.5. The number of carbonyl (C=O) groups is 2. The molecule has 1 amide bonds. The van der Waals surface area contributed by atoms with Crippen LogP contribution in [0.1, 0.15) is 22.8 Å². The lowest BCUT2D eigenvalue weighted by molar-refractivity contribution is -0.116. The van der Waals surface area contributed by atoms with E-state index in [1.54, 1.807) is 17.0 Å². The van der Waals surface area contributed by atoms with Crippen molar-refractivity contribution in [1.82, 2.24) is 0 Å². The largest absolute Gasteiger partial charge is 0.456 e. The van der Waals surface area contributed by atoms with Gasteiger partial charge in [0.05, 0.1) is 5.56 Å². The van der Waals surface area contributed by atoms with Gasteiger partial charge in [0, 0.05) is 19.2 Å². The number of rotatable bonds is 3. The molecule has 0 aromatic heterocycles. The first kappa shape index (κ1) is 13.5. The van der Waals surface area contributed by atoms with Crippen LogP contribution in [-0.4, -0.2) is 31.5 Å². The minimum Gasteiger partial charge on any atom is -0.456 e. The van der Waals surface area contributed by atoms with Crippen molar-refractivity contribution in [2.24, 2.45) is 0 Å². The van der Waals surface area contributed by atoms with Gasteiger partial charge in [0.15, 0.2) is 6.61 Å². The van der Waals surface area contributed by atoms with Crippen LogP contribution in [0, 0.1) is 0 Å². The summed E-state index contributed by atoms with van der Waals surface area (Å²) in [6.45, 7) is 1.13. The lowest BCUT2D eigenvalue weighted by Gasteiger charge is -2.14. The van der Waals surface area contributed by atoms with E-state index in [1.165, 1.54) is 13.0 Å². The molecular weight excluding hydrogens is 256 g/mol. The molecule has 0 saturated carbocycles. The molecule has 0 unspecified atom stereocenters. The summed E-state index contributed by atoms with van der Waals surface area (Å²) in [5, 5.41) is 0. The highest BCUT2D eigenvalue weighted by molar-refractivity contribution is 5.96. The topological polar surface area (TPSA) is 46.6 Å². The number of hydrogen-bond acceptors (Lipinski definition) is 3. The van der Waals surface area contributed by atoms with Crippen LogP contribution < -0.4 is 4.90 Å². The summed E-state index contributed by atoms with van der Waals surface area (Å²) in [7, 11) is 0. The van der Waals surface area contributed by atoms with Gasteiger partial charge in [-0.3, -0.25) is 4.79 Å². The van der Waals surface area contributed by atoms with Gasteiger partial charge in [0.25, 0.3) is 6.43 Å². The maximum absolute atomic E-state index is 11.9. The quantitative estimate of drug-likeness (QED) is 0.789. The molecule has 0 atom stereocenters. The van der Waals surface area contributed by atoms with Gasteiger partial charge >= 0.3 is 5.97 Å². The average molecular weight is 269 g/mol. The third-order valence-electron chi connectivity index (χ3n) is 2.93. The Kier molecular flexibility index (Phi) is 3.78. The molecule has 1 heterocycles. The van der Waals surface area contributed by atoms with E-state index >= 15 is 0 Å². The van der Waals surface area contributed by atoms with Gasteiger partial charge in [-0.15, -0.1) is 0 Å². The van der Waals surface area contributed by atoms with E-state index < -0.39 is 19.0 Å². The van der Waals surface area contributed by atoms with E-state index in [1.807, 2.05) is 0 Å². The Hall–Kier alpha value is -1.98. The van der Waals surface area contributed by atoms with E-state index in [0.717, 1.165) is 11.3 Å². The van der Waals surface area contributed by atoms with Crippen molar-refractivity contribution in [3.8, 4) is 0 Å². The molecule has 0 fully saturated rings. The number of hydrogen-bond donors (Lipinski definition) is 0. The van der Waals surface area contributed by atoms with E-state index in [9.17, 15) is 18.4 Å². The fraction of sp³-hybridized carbons (Fsp3) is 0.385. The van der Waals surface area contributed by atoms with Crippen LogP contribution in [0.3, 0.4) is 0 Å². The predicted octanol–water partition coefficient (Wildman–Crippen LogP) is 2.02. The lowest BCUT2D eigenvalue weighted by atomic mass is 10.1. The Morgan fingerprint density at radius 2 is 2.16 bits per heavy atom. The number of ether oxygens (including phenoxy) is 1. The van der Waals surface area contributed by atoms with Gasteiger partial charge in [-0.05, 0) is 30.2 Å². The van der Waals surface area contributed by atoms with Gasteiger partial charge in [0.1, 0.15) is 0 Å². The molecule has 0 saturated heterocycles. The number of anilines is 1. The first-order chi connectivity index (χ1) is 8.99. The number of esters is 1. The number of carbonyl (C=O) groups excluding carboxylic acids is 2. The number of nitrogens with zero attached hydrogens (tertiary/aromatic N) is 1. The van der Waals surface area contributed by atoms with Crippen molar-refractivity contribution in [3.05, 3.63) is 29.3 Å². The number of alkyl halides is 2. The predicted molar refractivity (Wildman–Crippen MR) is 64.5 cm³/mol. The highest BCUT2D eigenvalue weighted by Gasteiger charge is 2.23. The minimum absolute atomic E-state index is 0.0632. The third kappa shape index (κ3) is 2.89. The van der Waals surface area contributed by atoms with Gasteiger partial charge in [0.2, 0.25) is 5.91 Å². The molecule has 4 nitrogen and oxygen atoms in total. The fourth-order valence-corrected chi connectivity index (χ4v) is 2.08. The van der Waals surface area contributed by atoms with Crippen LogP contribution >= 0.6 is 0 Å². The Bertz CT molecular complexity index is 517. The third-order valence-corrected chi connectivity index (χ3v) is 2.93. The zero-order chi connectivity index (χ0) is 14.0. The first-order valence-electron chi connectivity index (χ1n) is 5.85. The summed E-state index contributed by atoms with van der Waals surface area (Å²) < 4.78 is 28.4. The Balaban J connectivity index is 2.14. The summed E-state index contributed by atoms with van der Waals surface area (Å²) in [5.41, 5.74) is 1.84. The fourth-order valence-electron chi connectivity index (χ4n) is 2.08. The highest BCUT2D eigenvalue weighted by atomic mass is 19.3. The zero-order valence-corrected chi connectivity index (χ0v) is 10.4. The van der Waals surface area contributed by atoms with Crippen LogP contribution in [0.25, 0.3) is 0 Å². The molecule has 1 aliphatic rings. The smallest absolute Gasteiger partial charge is 0.338 e. The Labute approximate surface area is 109 Å². The molecule has 6 heteroatoms. The highest BCUT2D eigenvalue weighted by Crippen LogP contribution is 2.29. The molecule has 1 aromatic rings. The summed E-state index contributed by atoms with van der Waals surface area (Å²) >= 11 is 0. The first-order valence-corrected chi connectivity index (χ1v) is 5.85. The standard InChI is InChI=1S/C13H13F2NO3/c1-8(17)16-5-4-9-6-10(2-3-11(9)16)13(18)19-7-12(14)15/h2-3,6,12H,4-5,7H2,1H3. The van der Waals surface area contributed by atoms with Crippen molar-refractivity contribution in [2.75, 3.05) is 18.1 Å². The lowest BCUT2D eigenvalue weighted by Crippen LogP contribution is -2.25. The van der Waals surface area contributed by atoms with Crippen molar-refractivity contribution in [1.29, 1.82) is 0 Å². The summed E-state index contributed by atoms with van der Waals surface area (Å²) in [6.07, 6.45) is -2.03. The molecule has 0 spiro atoms. The van der Waals surface area contributed by atoms with Crippen LogP contribution in [0.2, 0.25) is 0 Å². The Morgan fingerprint density at radius 1 is 1.42 bits per heavy atom. The van der Waals surface area contributed by atoms with Crippen LogP contribution in [0.15, 0.2) is 18.2 Å². The number of fused-ring (bicyclic) bond motifs is 1.